The molecule has 7 nitrogen and oxygen atoms in total. The first-order valence-corrected chi connectivity index (χ1v) is 16.3. The number of benzene rings is 3. The van der Waals surface area contributed by atoms with Gasteiger partial charge in [0, 0.05) is 46.4 Å². The van der Waals surface area contributed by atoms with Crippen LogP contribution in [-0.4, -0.2) is 54.1 Å². The minimum absolute atomic E-state index is 0.0914. The molecule has 2 aliphatic rings. The summed E-state index contributed by atoms with van der Waals surface area (Å²) < 4.78 is 26.5. The summed E-state index contributed by atoms with van der Waals surface area (Å²) in [6.07, 6.45) is 2.21. The fourth-order valence-electron chi connectivity index (χ4n) is 6.52. The molecule has 43 heavy (non-hydrogen) atoms. The lowest BCUT2D eigenvalue weighted by molar-refractivity contribution is -0.161. The van der Waals surface area contributed by atoms with E-state index in [1.54, 1.807) is 25.1 Å². The Balaban J connectivity index is 1.60. The van der Waals surface area contributed by atoms with Crippen molar-refractivity contribution in [3.05, 3.63) is 106 Å². The fraction of sp³-hybridized carbons (Fsp3) is 0.394. The minimum atomic E-state index is -2.52. The number of amides is 1. The Labute approximate surface area is 265 Å². The molecule has 0 bridgehead atoms. The number of halogens is 2. The maximum absolute atomic E-state index is 14.6. The quantitative estimate of drug-likeness (QED) is 0.223. The number of nitrogens with zero attached hydrogens (tertiary/aromatic N) is 2. The summed E-state index contributed by atoms with van der Waals surface area (Å²) >= 11 is 10.2. The van der Waals surface area contributed by atoms with Gasteiger partial charge in [-0.15, -0.1) is 0 Å². The Bertz CT molecular complexity index is 1470. The average molecular weight is 643 g/mol. The maximum Gasteiger partial charge on any atom is 0.304 e. The van der Waals surface area contributed by atoms with Crippen LogP contribution in [-0.2, 0) is 27.3 Å². The molecule has 3 unspecified atom stereocenters. The molecule has 1 aliphatic carbocycles. The summed E-state index contributed by atoms with van der Waals surface area (Å²) in [6, 6.07) is 23.6. The molecule has 1 amide bonds. The molecule has 10 heteroatoms. The largest absolute Gasteiger partial charge is 0.760 e. The molecule has 228 valence electrons. The van der Waals surface area contributed by atoms with Crippen LogP contribution in [0.1, 0.15) is 61.3 Å². The van der Waals surface area contributed by atoms with Crippen LogP contribution < -0.4 is 0 Å². The lowest BCUT2D eigenvalue weighted by atomic mass is 9.67. The zero-order valence-electron chi connectivity index (χ0n) is 23.9. The van der Waals surface area contributed by atoms with Crippen LogP contribution in [0.15, 0.2) is 78.9 Å². The van der Waals surface area contributed by atoms with E-state index in [1.807, 2.05) is 65.6 Å². The van der Waals surface area contributed by atoms with Crippen molar-refractivity contribution in [1.82, 2.24) is 9.21 Å². The highest BCUT2D eigenvalue weighted by atomic mass is 35.5. The highest BCUT2D eigenvalue weighted by molar-refractivity contribution is 7.76. The second-order valence-electron chi connectivity index (χ2n) is 12.0. The fourth-order valence-corrected chi connectivity index (χ4v) is 7.36. The van der Waals surface area contributed by atoms with Crippen molar-refractivity contribution in [1.29, 1.82) is 0 Å². The predicted octanol–water partition coefficient (Wildman–Crippen LogP) is 6.65. The van der Waals surface area contributed by atoms with E-state index in [4.69, 9.17) is 23.2 Å². The molecule has 3 aromatic carbocycles. The van der Waals surface area contributed by atoms with Crippen molar-refractivity contribution in [3.63, 3.8) is 0 Å². The number of rotatable bonds is 12. The number of piperidine rings is 1. The Hall–Kier alpha value is -2.75. The van der Waals surface area contributed by atoms with Crippen LogP contribution >= 0.6 is 23.2 Å². The summed E-state index contributed by atoms with van der Waals surface area (Å²) in [6.45, 7) is 2.10. The van der Waals surface area contributed by atoms with Crippen LogP contribution in [0, 0.1) is 11.3 Å². The normalized spacial score (nSPS) is 23.7. The van der Waals surface area contributed by atoms with E-state index >= 15 is 0 Å². The number of likely N-dealkylation sites (tertiary alicyclic amines) is 1. The first-order chi connectivity index (χ1) is 20.6. The third-order valence-electron chi connectivity index (χ3n) is 8.75. The van der Waals surface area contributed by atoms with Crippen molar-refractivity contribution in [2.45, 2.75) is 57.0 Å². The van der Waals surface area contributed by atoms with Gasteiger partial charge in [-0.25, -0.2) is 4.31 Å². The standard InChI is InChI=1S/C33H36Cl2N2O5S/c1-33(20-30(38)39)19-28(25-8-5-9-27(35)18-25)31(24-12-14-26(34)15-13-24)37(32(33)40)29(23-10-11-23)21-36(43(41)42)17-16-22-6-3-2-4-7-22/h2-9,12-15,18,23,28-29,31H,10-11,16-17,19-21H2,1H3,(H,38,39)(H,41,42)/p-1/t28?,29?,31-,33-/m1/s1. The first kappa shape index (κ1) is 31.7. The number of carboxylic acids is 1. The number of carboxylic acid groups (broad SMARTS) is 1. The monoisotopic (exact) mass is 641 g/mol. The molecule has 1 saturated carbocycles. The van der Waals surface area contributed by atoms with Gasteiger partial charge in [-0.2, -0.15) is 0 Å². The second-order valence-corrected chi connectivity index (χ2v) is 13.8. The van der Waals surface area contributed by atoms with Gasteiger partial charge in [0.15, 0.2) is 0 Å². The van der Waals surface area contributed by atoms with Crippen molar-refractivity contribution < 1.29 is 23.5 Å². The van der Waals surface area contributed by atoms with Gasteiger partial charge in [-0.3, -0.25) is 13.8 Å². The maximum atomic E-state index is 14.6. The van der Waals surface area contributed by atoms with Gasteiger partial charge in [0.05, 0.1) is 17.9 Å². The molecular weight excluding hydrogens is 607 g/mol. The van der Waals surface area contributed by atoms with E-state index in [9.17, 15) is 23.5 Å². The van der Waals surface area contributed by atoms with Gasteiger partial charge in [-0.05, 0) is 72.6 Å². The Morgan fingerprint density at radius 2 is 1.74 bits per heavy atom. The number of aliphatic carboxylic acids is 1. The van der Waals surface area contributed by atoms with Gasteiger partial charge >= 0.3 is 5.97 Å². The van der Waals surface area contributed by atoms with E-state index in [-0.39, 0.29) is 37.3 Å². The van der Waals surface area contributed by atoms with Crippen molar-refractivity contribution in [2.24, 2.45) is 11.3 Å². The molecule has 5 rings (SSSR count). The average Bonchev–Trinajstić information content (AvgIpc) is 3.81. The van der Waals surface area contributed by atoms with Gasteiger partial charge in [0.25, 0.3) is 0 Å². The van der Waals surface area contributed by atoms with Crippen molar-refractivity contribution >= 4 is 46.3 Å². The van der Waals surface area contributed by atoms with Gasteiger partial charge in [0.2, 0.25) is 5.91 Å². The topological polar surface area (TPSA) is 101 Å². The smallest absolute Gasteiger partial charge is 0.304 e. The van der Waals surface area contributed by atoms with Crippen molar-refractivity contribution in [3.8, 4) is 0 Å². The van der Waals surface area contributed by atoms with Crippen LogP contribution in [0.2, 0.25) is 10.0 Å². The van der Waals surface area contributed by atoms with Gasteiger partial charge in [-0.1, -0.05) is 84.7 Å². The number of carbonyl (C=O) groups excluding carboxylic acids is 1. The van der Waals surface area contributed by atoms with E-state index in [0.29, 0.717) is 22.9 Å². The zero-order valence-corrected chi connectivity index (χ0v) is 26.2. The molecule has 0 radical (unpaired) electrons. The van der Waals surface area contributed by atoms with E-state index in [1.165, 1.54) is 4.31 Å². The molecule has 1 heterocycles. The first-order valence-electron chi connectivity index (χ1n) is 14.5. The molecular formula is C33H35Cl2N2O5S-. The Morgan fingerprint density at radius 3 is 2.35 bits per heavy atom. The van der Waals surface area contributed by atoms with Gasteiger partial charge < -0.3 is 14.6 Å². The lowest BCUT2D eigenvalue weighted by Crippen LogP contribution is -2.59. The second kappa shape index (κ2) is 13.5. The highest BCUT2D eigenvalue weighted by Crippen LogP contribution is 2.54. The third kappa shape index (κ3) is 7.49. The van der Waals surface area contributed by atoms with Crippen LogP contribution in [0.5, 0.6) is 0 Å². The lowest BCUT2D eigenvalue weighted by Gasteiger charge is -2.52. The number of hydrogen-bond donors (Lipinski definition) is 1. The number of hydrogen-bond acceptors (Lipinski definition) is 4. The van der Waals surface area contributed by atoms with Crippen LogP contribution in [0.25, 0.3) is 0 Å². The summed E-state index contributed by atoms with van der Waals surface area (Å²) in [4.78, 5) is 28.6. The predicted molar refractivity (Wildman–Crippen MR) is 167 cm³/mol. The molecule has 3 aromatic rings. The molecule has 0 aromatic heterocycles. The van der Waals surface area contributed by atoms with E-state index in [0.717, 1.165) is 29.5 Å². The Kier molecular flexibility index (Phi) is 9.93. The molecule has 1 saturated heterocycles. The summed E-state index contributed by atoms with van der Waals surface area (Å²) in [7, 11) is 0. The van der Waals surface area contributed by atoms with Gasteiger partial charge in [0.1, 0.15) is 0 Å². The highest BCUT2D eigenvalue weighted by Gasteiger charge is 2.54. The van der Waals surface area contributed by atoms with Crippen LogP contribution in [0.3, 0.4) is 0 Å². The Morgan fingerprint density at radius 1 is 1.05 bits per heavy atom. The summed E-state index contributed by atoms with van der Waals surface area (Å²) in [5.41, 5.74) is 1.55. The third-order valence-corrected chi connectivity index (χ3v) is 9.99. The minimum Gasteiger partial charge on any atom is -0.760 e. The zero-order chi connectivity index (χ0) is 30.7. The van der Waals surface area contributed by atoms with Crippen LogP contribution in [0.4, 0.5) is 0 Å². The molecule has 1 N–H and O–H groups in total. The molecule has 5 atom stereocenters. The van der Waals surface area contributed by atoms with E-state index in [2.05, 4.69) is 0 Å². The molecule has 0 spiro atoms. The summed E-state index contributed by atoms with van der Waals surface area (Å²) in [5, 5.41) is 11.0. The SMILES string of the molecule is C[C@]1(CC(=O)O)CC(c2cccc(Cl)c2)[C@@H](c2ccc(Cl)cc2)N(C(CN(CCc2ccccc2)S(=O)[O-])C2CC2)C1=O. The molecule has 2 fully saturated rings. The molecule has 1 aliphatic heterocycles. The summed E-state index contributed by atoms with van der Waals surface area (Å²) in [5.74, 6) is -1.53. The number of carbonyl (C=O) groups is 2. The van der Waals surface area contributed by atoms with Crippen molar-refractivity contribution in [2.75, 3.05) is 13.1 Å². The van der Waals surface area contributed by atoms with E-state index < -0.39 is 34.7 Å².